The van der Waals surface area contributed by atoms with Crippen molar-refractivity contribution in [1.82, 2.24) is 5.32 Å². The van der Waals surface area contributed by atoms with E-state index in [1.165, 1.54) is 30.4 Å². The Labute approximate surface area is 119 Å². The molecule has 1 aliphatic rings. The van der Waals surface area contributed by atoms with Gasteiger partial charge in [-0.05, 0) is 69.3 Å². The molecule has 1 saturated carbocycles. The first kappa shape index (κ1) is 14.7. The van der Waals surface area contributed by atoms with Crippen molar-refractivity contribution in [1.29, 1.82) is 0 Å². The van der Waals surface area contributed by atoms with E-state index in [1.54, 1.807) is 0 Å². The maximum atomic E-state index is 12.4. The highest BCUT2D eigenvalue weighted by Crippen LogP contribution is 2.28. The highest BCUT2D eigenvalue weighted by Gasteiger charge is 2.25. The van der Waals surface area contributed by atoms with E-state index in [9.17, 15) is 4.21 Å². The predicted molar refractivity (Wildman–Crippen MR) is 82.0 cm³/mol. The molecule has 0 spiro atoms. The van der Waals surface area contributed by atoms with E-state index in [-0.39, 0.29) is 0 Å². The molecule has 1 N–H and O–H groups in total. The number of hydrogen-bond donors (Lipinski definition) is 1. The average molecular weight is 279 g/mol. The van der Waals surface area contributed by atoms with E-state index in [2.05, 4.69) is 31.3 Å². The van der Waals surface area contributed by atoms with Crippen molar-refractivity contribution in [3.05, 3.63) is 29.3 Å². The van der Waals surface area contributed by atoms with Gasteiger partial charge < -0.3 is 5.32 Å². The van der Waals surface area contributed by atoms with Crippen molar-refractivity contribution in [3.8, 4) is 0 Å². The maximum absolute atomic E-state index is 12.4. The molecule has 3 heteroatoms. The summed E-state index contributed by atoms with van der Waals surface area (Å²) in [6, 6.07) is 6.81. The maximum Gasteiger partial charge on any atom is 0.0529 e. The molecule has 0 saturated heterocycles. The van der Waals surface area contributed by atoms with Crippen LogP contribution in [0.5, 0.6) is 0 Å². The third-order valence-electron chi connectivity index (χ3n) is 4.45. The van der Waals surface area contributed by atoms with Gasteiger partial charge in [0.1, 0.15) is 0 Å². The highest BCUT2D eigenvalue weighted by atomic mass is 32.2. The fourth-order valence-electron chi connectivity index (χ4n) is 2.99. The zero-order chi connectivity index (χ0) is 13.8. The van der Waals surface area contributed by atoms with Crippen molar-refractivity contribution in [2.75, 3.05) is 12.8 Å². The first-order valence-corrected chi connectivity index (χ1v) is 8.56. The Hall–Kier alpha value is -0.670. The molecule has 1 aliphatic carbocycles. The van der Waals surface area contributed by atoms with Crippen molar-refractivity contribution in [2.45, 2.75) is 50.5 Å². The first-order chi connectivity index (χ1) is 9.11. The molecular formula is C16H25NOS. The van der Waals surface area contributed by atoms with Gasteiger partial charge in [0.25, 0.3) is 0 Å². The Morgan fingerprint density at radius 3 is 2.74 bits per heavy atom. The highest BCUT2D eigenvalue weighted by molar-refractivity contribution is 7.85. The van der Waals surface area contributed by atoms with Gasteiger partial charge in [-0.3, -0.25) is 4.21 Å². The average Bonchev–Trinajstić information content (AvgIpc) is 2.86. The van der Waals surface area contributed by atoms with E-state index in [1.807, 2.05) is 13.1 Å². The third-order valence-corrected chi connectivity index (χ3v) is 5.83. The van der Waals surface area contributed by atoms with Crippen LogP contribution in [0.1, 0.15) is 36.8 Å². The molecule has 19 heavy (non-hydrogen) atoms. The van der Waals surface area contributed by atoms with Crippen LogP contribution >= 0.6 is 0 Å². The van der Waals surface area contributed by atoms with Gasteiger partial charge in [0.15, 0.2) is 0 Å². The van der Waals surface area contributed by atoms with E-state index in [4.69, 9.17) is 0 Å². The van der Waals surface area contributed by atoms with Gasteiger partial charge >= 0.3 is 0 Å². The largest absolute Gasteiger partial charge is 0.317 e. The van der Waals surface area contributed by atoms with Crippen LogP contribution in [-0.4, -0.2) is 23.1 Å². The minimum Gasteiger partial charge on any atom is -0.317 e. The first-order valence-electron chi connectivity index (χ1n) is 7.24. The van der Waals surface area contributed by atoms with Crippen molar-refractivity contribution >= 4 is 10.8 Å². The molecular weight excluding hydrogens is 254 g/mol. The molecule has 3 unspecified atom stereocenters. The summed E-state index contributed by atoms with van der Waals surface area (Å²) in [7, 11) is 1.20. The molecule has 0 amide bonds. The topological polar surface area (TPSA) is 29.1 Å². The number of benzene rings is 1. The molecule has 1 fully saturated rings. The summed E-state index contributed by atoms with van der Waals surface area (Å²) in [6.07, 6.45) is 4.95. The second kappa shape index (κ2) is 6.67. The van der Waals surface area contributed by atoms with E-state index in [0.717, 1.165) is 17.1 Å². The quantitative estimate of drug-likeness (QED) is 0.897. The molecule has 0 aromatic heterocycles. The van der Waals surface area contributed by atoms with Crippen molar-refractivity contribution in [2.24, 2.45) is 5.92 Å². The van der Waals surface area contributed by atoms with Crippen LogP contribution in [0.2, 0.25) is 0 Å². The monoisotopic (exact) mass is 279 g/mol. The summed E-state index contributed by atoms with van der Waals surface area (Å²) in [4.78, 5) is 0.988. The molecule has 2 rings (SSSR count). The predicted octanol–water partition coefficient (Wildman–Crippen LogP) is 3.19. The molecule has 0 bridgehead atoms. The van der Waals surface area contributed by atoms with Crippen LogP contribution in [0, 0.1) is 19.8 Å². The van der Waals surface area contributed by atoms with Gasteiger partial charge in [-0.2, -0.15) is 0 Å². The van der Waals surface area contributed by atoms with Gasteiger partial charge in [-0.1, -0.05) is 12.5 Å². The smallest absolute Gasteiger partial charge is 0.0529 e. The van der Waals surface area contributed by atoms with Crippen molar-refractivity contribution < 1.29 is 4.21 Å². The number of hydrogen-bond acceptors (Lipinski definition) is 2. The normalized spacial score (nSPS) is 24.6. The molecule has 0 heterocycles. The molecule has 2 nitrogen and oxygen atoms in total. The summed E-state index contributed by atoms with van der Waals surface area (Å²) in [5, 5.41) is 3.40. The molecule has 1 aromatic rings. The minimum absolute atomic E-state index is 0.636. The second-order valence-electron chi connectivity index (χ2n) is 5.67. The van der Waals surface area contributed by atoms with Gasteiger partial charge in [-0.25, -0.2) is 0 Å². The molecule has 106 valence electrons. The van der Waals surface area contributed by atoms with Crippen LogP contribution in [0.15, 0.2) is 23.1 Å². The van der Waals surface area contributed by atoms with Crippen LogP contribution in [0.4, 0.5) is 0 Å². The Morgan fingerprint density at radius 1 is 1.26 bits per heavy atom. The zero-order valence-corrected chi connectivity index (χ0v) is 13.1. The van der Waals surface area contributed by atoms with Crippen LogP contribution < -0.4 is 5.32 Å². The summed E-state index contributed by atoms with van der Waals surface area (Å²) >= 11 is 0. The van der Waals surface area contributed by atoms with Crippen molar-refractivity contribution in [3.63, 3.8) is 0 Å². The number of nitrogens with one attached hydrogen (secondary N) is 1. The fraction of sp³-hybridized carbons (Fsp3) is 0.625. The lowest BCUT2D eigenvalue weighted by molar-refractivity contribution is 0.416. The summed E-state index contributed by atoms with van der Waals surface area (Å²) in [6.45, 7) is 4.18. The van der Waals surface area contributed by atoms with E-state index in [0.29, 0.717) is 12.0 Å². The summed E-state index contributed by atoms with van der Waals surface area (Å²) < 4.78 is 12.4. The Balaban J connectivity index is 1.92. The summed E-state index contributed by atoms with van der Waals surface area (Å²) in [5.74, 6) is 1.51. The molecule has 0 aliphatic heterocycles. The lowest BCUT2D eigenvalue weighted by Gasteiger charge is -2.18. The minimum atomic E-state index is -0.843. The van der Waals surface area contributed by atoms with Gasteiger partial charge in [-0.15, -0.1) is 0 Å². The Morgan fingerprint density at radius 2 is 2.05 bits per heavy atom. The summed E-state index contributed by atoms with van der Waals surface area (Å²) in [5.41, 5.74) is 2.51. The molecule has 3 atom stereocenters. The van der Waals surface area contributed by atoms with Crippen LogP contribution in [-0.2, 0) is 10.8 Å². The Bertz CT molecular complexity index is 458. The van der Waals surface area contributed by atoms with Gasteiger partial charge in [0.2, 0.25) is 0 Å². The lowest BCUT2D eigenvalue weighted by Crippen LogP contribution is -2.29. The number of aryl methyl sites for hydroxylation is 2. The van der Waals surface area contributed by atoms with E-state index < -0.39 is 10.8 Å². The SMILES string of the molecule is CNC1CCCC1CCS(=O)c1ccc(C)c(C)c1. The second-order valence-corrected chi connectivity index (χ2v) is 7.24. The third kappa shape index (κ3) is 3.67. The molecule has 0 radical (unpaired) electrons. The standard InChI is InChI=1S/C16H25NOS/c1-12-7-8-15(11-13(12)2)19(18)10-9-14-5-4-6-16(14)17-3/h7-8,11,14,16-17H,4-6,9-10H2,1-3H3. The van der Waals surface area contributed by atoms with Gasteiger partial charge in [0.05, 0.1) is 10.8 Å². The van der Waals surface area contributed by atoms with Gasteiger partial charge in [0, 0.05) is 16.7 Å². The Kier molecular flexibility index (Phi) is 5.17. The lowest BCUT2D eigenvalue weighted by atomic mass is 10.0. The van der Waals surface area contributed by atoms with Crippen LogP contribution in [0.3, 0.4) is 0 Å². The number of rotatable bonds is 5. The van der Waals surface area contributed by atoms with Crippen LogP contribution in [0.25, 0.3) is 0 Å². The molecule has 1 aromatic carbocycles. The fourth-order valence-corrected chi connectivity index (χ4v) is 4.27. The van der Waals surface area contributed by atoms with E-state index >= 15 is 0 Å². The zero-order valence-electron chi connectivity index (χ0n) is 12.2.